The summed E-state index contributed by atoms with van der Waals surface area (Å²) in [6.07, 6.45) is 1.04. The third-order valence-electron chi connectivity index (χ3n) is 2.05. The Labute approximate surface area is 77.6 Å². The molecule has 0 aliphatic rings. The maximum Gasteiger partial charge on any atom is 0.306 e. The van der Waals surface area contributed by atoms with Crippen molar-refractivity contribution in [2.24, 2.45) is 11.8 Å². The van der Waals surface area contributed by atoms with E-state index in [1.165, 1.54) is 0 Å². The molecule has 0 spiro atoms. The van der Waals surface area contributed by atoms with Crippen LogP contribution in [0, 0.1) is 11.8 Å². The number of carboxylic acid groups (broad SMARTS) is 2. The van der Waals surface area contributed by atoms with E-state index in [4.69, 9.17) is 10.2 Å². The van der Waals surface area contributed by atoms with E-state index in [-0.39, 0.29) is 12.3 Å². The second-order valence-corrected chi connectivity index (χ2v) is 3.38. The van der Waals surface area contributed by atoms with Crippen LogP contribution in [0.2, 0.25) is 0 Å². The Kier molecular flexibility index (Phi) is 5.11. The van der Waals surface area contributed by atoms with Crippen molar-refractivity contribution in [2.75, 3.05) is 0 Å². The lowest BCUT2D eigenvalue weighted by Crippen LogP contribution is -2.17. The van der Waals surface area contributed by atoms with Crippen LogP contribution in [-0.4, -0.2) is 22.2 Å². The van der Waals surface area contributed by atoms with Gasteiger partial charge in [0.25, 0.3) is 0 Å². The Hall–Kier alpha value is -1.06. The molecular weight excluding hydrogens is 172 g/mol. The third-order valence-corrected chi connectivity index (χ3v) is 2.05. The maximum atomic E-state index is 10.6. The molecule has 0 bridgehead atoms. The monoisotopic (exact) mass is 188 g/mol. The highest BCUT2D eigenvalue weighted by atomic mass is 16.4. The van der Waals surface area contributed by atoms with Crippen LogP contribution >= 0.6 is 0 Å². The Morgan fingerprint density at radius 2 is 1.85 bits per heavy atom. The third kappa shape index (κ3) is 5.22. The molecule has 0 heterocycles. The summed E-state index contributed by atoms with van der Waals surface area (Å²) in [5.41, 5.74) is 0. The lowest BCUT2D eigenvalue weighted by Gasteiger charge is -2.13. The number of aliphatic carboxylic acids is 2. The minimum atomic E-state index is -0.868. The topological polar surface area (TPSA) is 74.6 Å². The predicted molar refractivity (Wildman–Crippen MR) is 47.5 cm³/mol. The molecule has 13 heavy (non-hydrogen) atoms. The van der Waals surface area contributed by atoms with Crippen LogP contribution in [0.15, 0.2) is 0 Å². The van der Waals surface area contributed by atoms with Gasteiger partial charge in [0.15, 0.2) is 0 Å². The minimum Gasteiger partial charge on any atom is -0.481 e. The zero-order valence-corrected chi connectivity index (χ0v) is 7.99. The van der Waals surface area contributed by atoms with Gasteiger partial charge in [0, 0.05) is 6.42 Å². The Bertz CT molecular complexity index is 188. The number of hydrogen-bond donors (Lipinski definition) is 2. The molecule has 0 rings (SSSR count). The number of carboxylic acids is 2. The average Bonchev–Trinajstić information content (AvgIpc) is 1.98. The van der Waals surface area contributed by atoms with E-state index in [2.05, 4.69) is 0 Å². The molecule has 4 nitrogen and oxygen atoms in total. The first-order valence-corrected chi connectivity index (χ1v) is 4.42. The highest BCUT2D eigenvalue weighted by Crippen LogP contribution is 2.18. The zero-order chi connectivity index (χ0) is 10.4. The number of hydrogen-bond acceptors (Lipinski definition) is 2. The van der Waals surface area contributed by atoms with E-state index in [0.717, 1.165) is 0 Å². The van der Waals surface area contributed by atoms with Gasteiger partial charge in [-0.1, -0.05) is 13.8 Å². The van der Waals surface area contributed by atoms with E-state index in [1.807, 2.05) is 0 Å². The van der Waals surface area contributed by atoms with Crippen LogP contribution in [0.4, 0.5) is 0 Å². The Morgan fingerprint density at radius 3 is 2.15 bits per heavy atom. The van der Waals surface area contributed by atoms with Crippen molar-refractivity contribution in [1.29, 1.82) is 0 Å². The molecule has 76 valence electrons. The van der Waals surface area contributed by atoms with Crippen LogP contribution in [0.3, 0.4) is 0 Å². The van der Waals surface area contributed by atoms with Gasteiger partial charge < -0.3 is 10.2 Å². The SMILES string of the molecule is CCC(CC(C)CC(=O)O)C(=O)O. The van der Waals surface area contributed by atoms with Gasteiger partial charge in [0.1, 0.15) is 0 Å². The molecule has 2 atom stereocenters. The largest absolute Gasteiger partial charge is 0.481 e. The quantitative estimate of drug-likeness (QED) is 0.663. The van der Waals surface area contributed by atoms with Gasteiger partial charge in [0.2, 0.25) is 0 Å². The summed E-state index contributed by atoms with van der Waals surface area (Å²) >= 11 is 0. The molecular formula is C9H16O4. The molecule has 0 saturated heterocycles. The summed E-state index contributed by atoms with van der Waals surface area (Å²) in [7, 11) is 0. The van der Waals surface area contributed by atoms with Crippen molar-refractivity contribution in [2.45, 2.75) is 33.1 Å². The molecule has 0 aromatic carbocycles. The van der Waals surface area contributed by atoms with Crippen molar-refractivity contribution in [3.8, 4) is 0 Å². The second-order valence-electron chi connectivity index (χ2n) is 3.38. The summed E-state index contributed by atoms with van der Waals surface area (Å²) in [5.74, 6) is -2.18. The summed E-state index contributed by atoms with van der Waals surface area (Å²) in [5, 5.41) is 17.2. The fourth-order valence-corrected chi connectivity index (χ4v) is 1.31. The van der Waals surface area contributed by atoms with Gasteiger partial charge in [-0.05, 0) is 18.8 Å². The molecule has 0 saturated carbocycles. The molecule has 0 radical (unpaired) electrons. The van der Waals surface area contributed by atoms with Crippen molar-refractivity contribution in [3.63, 3.8) is 0 Å². The fourth-order valence-electron chi connectivity index (χ4n) is 1.31. The van der Waals surface area contributed by atoms with Crippen molar-refractivity contribution >= 4 is 11.9 Å². The van der Waals surface area contributed by atoms with E-state index in [9.17, 15) is 9.59 Å². The number of carbonyl (C=O) groups is 2. The molecule has 0 amide bonds. The lowest BCUT2D eigenvalue weighted by molar-refractivity contribution is -0.144. The van der Waals surface area contributed by atoms with Gasteiger partial charge in [-0.2, -0.15) is 0 Å². The molecule has 0 aliphatic heterocycles. The van der Waals surface area contributed by atoms with Crippen molar-refractivity contribution in [1.82, 2.24) is 0 Å². The average molecular weight is 188 g/mol. The lowest BCUT2D eigenvalue weighted by atomic mass is 9.92. The van der Waals surface area contributed by atoms with E-state index >= 15 is 0 Å². The van der Waals surface area contributed by atoms with Gasteiger partial charge in [-0.15, -0.1) is 0 Å². The minimum absolute atomic E-state index is 0.0454. The van der Waals surface area contributed by atoms with E-state index < -0.39 is 17.9 Å². The predicted octanol–water partition coefficient (Wildman–Crippen LogP) is 1.60. The van der Waals surface area contributed by atoms with Crippen LogP contribution < -0.4 is 0 Å². The summed E-state index contributed by atoms with van der Waals surface area (Å²) in [6, 6.07) is 0. The Balaban J connectivity index is 3.93. The Morgan fingerprint density at radius 1 is 1.31 bits per heavy atom. The first-order valence-electron chi connectivity index (χ1n) is 4.42. The fraction of sp³-hybridized carbons (Fsp3) is 0.778. The first kappa shape index (κ1) is 11.9. The standard InChI is InChI=1S/C9H16O4/c1-3-7(9(12)13)4-6(2)5-8(10)11/h6-7H,3-5H2,1-2H3,(H,10,11)(H,12,13). The van der Waals surface area contributed by atoms with Gasteiger partial charge in [-0.25, -0.2) is 0 Å². The molecule has 2 N–H and O–H groups in total. The molecule has 0 aromatic rings. The summed E-state index contributed by atoms with van der Waals surface area (Å²) < 4.78 is 0. The molecule has 0 aliphatic carbocycles. The summed E-state index contributed by atoms with van der Waals surface area (Å²) in [4.78, 5) is 20.9. The van der Waals surface area contributed by atoms with E-state index in [0.29, 0.717) is 12.8 Å². The van der Waals surface area contributed by atoms with Crippen LogP contribution in [0.1, 0.15) is 33.1 Å². The molecule has 4 heteroatoms. The van der Waals surface area contributed by atoms with Crippen LogP contribution in [0.25, 0.3) is 0 Å². The van der Waals surface area contributed by atoms with Crippen molar-refractivity contribution < 1.29 is 19.8 Å². The highest BCUT2D eigenvalue weighted by Gasteiger charge is 2.19. The van der Waals surface area contributed by atoms with Gasteiger partial charge in [0.05, 0.1) is 5.92 Å². The summed E-state index contributed by atoms with van der Waals surface area (Å²) in [6.45, 7) is 3.56. The van der Waals surface area contributed by atoms with Crippen LogP contribution in [-0.2, 0) is 9.59 Å². The van der Waals surface area contributed by atoms with E-state index in [1.54, 1.807) is 13.8 Å². The molecule has 0 fully saturated rings. The zero-order valence-electron chi connectivity index (χ0n) is 7.99. The van der Waals surface area contributed by atoms with Gasteiger partial charge in [-0.3, -0.25) is 9.59 Å². The van der Waals surface area contributed by atoms with Crippen LogP contribution in [0.5, 0.6) is 0 Å². The normalized spacial score (nSPS) is 14.9. The first-order chi connectivity index (χ1) is 5.97. The number of rotatable bonds is 6. The smallest absolute Gasteiger partial charge is 0.306 e. The maximum absolute atomic E-state index is 10.6. The second kappa shape index (κ2) is 5.56. The molecule has 0 aromatic heterocycles. The van der Waals surface area contributed by atoms with Gasteiger partial charge >= 0.3 is 11.9 Å². The highest BCUT2D eigenvalue weighted by molar-refractivity contribution is 5.70. The molecule has 2 unspecified atom stereocenters. The van der Waals surface area contributed by atoms with Crippen molar-refractivity contribution in [3.05, 3.63) is 0 Å².